The van der Waals surface area contributed by atoms with Crippen molar-refractivity contribution in [3.63, 3.8) is 0 Å². The Hall–Kier alpha value is -1.78. The van der Waals surface area contributed by atoms with E-state index in [-0.39, 0.29) is 6.09 Å². The monoisotopic (exact) mass is 319 g/mol. The van der Waals surface area contributed by atoms with Gasteiger partial charge in [0.15, 0.2) is 0 Å². The van der Waals surface area contributed by atoms with Crippen LogP contribution in [-0.2, 0) is 4.74 Å². The first kappa shape index (κ1) is 17.6. The Balaban J connectivity index is 1.90. The quantitative estimate of drug-likeness (QED) is 0.856. The maximum absolute atomic E-state index is 12.2. The summed E-state index contributed by atoms with van der Waals surface area (Å²) in [5, 5.41) is 0. The van der Waals surface area contributed by atoms with Gasteiger partial charge in [-0.25, -0.2) is 9.78 Å². The highest BCUT2D eigenvalue weighted by Gasteiger charge is 2.28. The predicted molar refractivity (Wildman–Crippen MR) is 92.8 cm³/mol. The Morgan fingerprint density at radius 1 is 1.43 bits per heavy atom. The third-order valence-electron chi connectivity index (χ3n) is 3.99. The number of carbonyl (C=O) groups excluding carboxylic acids is 1. The minimum absolute atomic E-state index is 0.196. The lowest BCUT2D eigenvalue weighted by molar-refractivity contribution is 0.0170. The number of hydrogen-bond donors (Lipinski definition) is 0. The van der Waals surface area contributed by atoms with Crippen molar-refractivity contribution in [3.05, 3.63) is 23.9 Å². The van der Waals surface area contributed by atoms with Crippen LogP contribution in [0.3, 0.4) is 0 Å². The fraction of sp³-hybridized carbons (Fsp3) is 0.667. The zero-order valence-electron chi connectivity index (χ0n) is 15.0. The summed E-state index contributed by atoms with van der Waals surface area (Å²) >= 11 is 0. The van der Waals surface area contributed by atoms with E-state index in [1.54, 1.807) is 0 Å². The lowest BCUT2D eigenvalue weighted by Gasteiger charge is -2.35. The van der Waals surface area contributed by atoms with Gasteiger partial charge < -0.3 is 14.5 Å². The van der Waals surface area contributed by atoms with Crippen molar-refractivity contribution in [2.24, 2.45) is 5.92 Å². The number of pyridine rings is 1. The van der Waals surface area contributed by atoms with Gasteiger partial charge in [-0.15, -0.1) is 0 Å². The van der Waals surface area contributed by atoms with Gasteiger partial charge in [0.1, 0.15) is 11.4 Å². The summed E-state index contributed by atoms with van der Waals surface area (Å²) in [7, 11) is 2.06. The van der Waals surface area contributed by atoms with Crippen molar-refractivity contribution < 1.29 is 9.53 Å². The molecular formula is C18H29N3O2. The number of anilines is 1. The van der Waals surface area contributed by atoms with E-state index in [4.69, 9.17) is 4.74 Å². The van der Waals surface area contributed by atoms with Crippen molar-refractivity contribution in [1.82, 2.24) is 9.88 Å². The third kappa shape index (κ3) is 5.41. The van der Waals surface area contributed by atoms with E-state index in [1.165, 1.54) is 0 Å². The number of amides is 1. The normalized spacial score (nSPS) is 18.7. The summed E-state index contributed by atoms with van der Waals surface area (Å²) in [6, 6.07) is 4.12. The molecule has 128 valence electrons. The molecule has 5 heteroatoms. The number of nitrogens with zero attached hydrogens (tertiary/aromatic N) is 3. The van der Waals surface area contributed by atoms with Gasteiger partial charge in [0.25, 0.3) is 0 Å². The summed E-state index contributed by atoms with van der Waals surface area (Å²) in [6.45, 7) is 10.2. The van der Waals surface area contributed by atoms with Crippen LogP contribution in [0.25, 0.3) is 0 Å². The SMILES string of the molecule is Cc1ccc(N(C)CC2CCCN(C(=O)OC(C)(C)C)C2)nc1. The van der Waals surface area contributed by atoms with Crippen LogP contribution >= 0.6 is 0 Å². The number of piperidine rings is 1. The van der Waals surface area contributed by atoms with Crippen molar-refractivity contribution in [3.8, 4) is 0 Å². The van der Waals surface area contributed by atoms with Gasteiger partial charge in [-0.05, 0) is 58.1 Å². The first-order chi connectivity index (χ1) is 10.7. The highest BCUT2D eigenvalue weighted by Crippen LogP contribution is 2.21. The van der Waals surface area contributed by atoms with E-state index in [0.717, 1.165) is 43.9 Å². The molecule has 1 fully saturated rings. The molecule has 5 nitrogen and oxygen atoms in total. The van der Waals surface area contributed by atoms with Crippen LogP contribution in [0.2, 0.25) is 0 Å². The summed E-state index contributed by atoms with van der Waals surface area (Å²) in [6.07, 6.45) is 3.85. The molecule has 23 heavy (non-hydrogen) atoms. The van der Waals surface area contributed by atoms with Crippen LogP contribution in [0.15, 0.2) is 18.3 Å². The maximum atomic E-state index is 12.2. The molecule has 0 aromatic carbocycles. The predicted octanol–water partition coefficient (Wildman–Crippen LogP) is 3.47. The number of hydrogen-bond acceptors (Lipinski definition) is 4. The molecule has 1 aromatic rings. The smallest absolute Gasteiger partial charge is 0.410 e. The summed E-state index contributed by atoms with van der Waals surface area (Å²) < 4.78 is 5.49. The molecule has 0 radical (unpaired) electrons. The van der Waals surface area contributed by atoms with Crippen LogP contribution in [0.5, 0.6) is 0 Å². The van der Waals surface area contributed by atoms with Crippen LogP contribution in [0.4, 0.5) is 10.6 Å². The van der Waals surface area contributed by atoms with E-state index in [9.17, 15) is 4.79 Å². The Bertz CT molecular complexity index is 522. The van der Waals surface area contributed by atoms with Crippen LogP contribution in [0.1, 0.15) is 39.2 Å². The van der Waals surface area contributed by atoms with Gasteiger partial charge in [-0.3, -0.25) is 0 Å². The first-order valence-electron chi connectivity index (χ1n) is 8.36. The maximum Gasteiger partial charge on any atom is 0.410 e. The van der Waals surface area contributed by atoms with Crippen molar-refractivity contribution in [2.45, 2.75) is 46.1 Å². The fourth-order valence-electron chi connectivity index (χ4n) is 2.87. The van der Waals surface area contributed by atoms with Gasteiger partial charge >= 0.3 is 6.09 Å². The van der Waals surface area contributed by atoms with Gasteiger partial charge in [0.2, 0.25) is 0 Å². The minimum atomic E-state index is -0.438. The van der Waals surface area contributed by atoms with E-state index in [2.05, 4.69) is 23.0 Å². The number of rotatable bonds is 3. The van der Waals surface area contributed by atoms with Crippen LogP contribution < -0.4 is 4.90 Å². The molecule has 1 amide bonds. The molecule has 1 unspecified atom stereocenters. The highest BCUT2D eigenvalue weighted by molar-refractivity contribution is 5.68. The molecule has 2 heterocycles. The number of carbonyl (C=O) groups is 1. The fourth-order valence-corrected chi connectivity index (χ4v) is 2.87. The lowest BCUT2D eigenvalue weighted by atomic mass is 9.98. The largest absolute Gasteiger partial charge is 0.444 e. The first-order valence-corrected chi connectivity index (χ1v) is 8.36. The number of ether oxygens (including phenoxy) is 1. The van der Waals surface area contributed by atoms with E-state index in [1.807, 2.05) is 44.9 Å². The van der Waals surface area contributed by atoms with Crippen molar-refractivity contribution >= 4 is 11.9 Å². The molecule has 1 aromatic heterocycles. The van der Waals surface area contributed by atoms with Gasteiger partial charge in [0.05, 0.1) is 0 Å². The second-order valence-electron chi connectivity index (χ2n) is 7.51. The molecule has 1 aliphatic heterocycles. The minimum Gasteiger partial charge on any atom is -0.444 e. The Kier molecular flexibility index (Phi) is 5.50. The van der Waals surface area contributed by atoms with Gasteiger partial charge in [0, 0.05) is 32.9 Å². The summed E-state index contributed by atoms with van der Waals surface area (Å²) in [5.74, 6) is 1.43. The van der Waals surface area contributed by atoms with Crippen molar-refractivity contribution in [1.29, 1.82) is 0 Å². The molecule has 1 atom stereocenters. The second kappa shape index (κ2) is 7.20. The number of likely N-dealkylation sites (tertiary alicyclic amines) is 1. The topological polar surface area (TPSA) is 45.7 Å². The van der Waals surface area contributed by atoms with Crippen LogP contribution in [-0.4, -0.2) is 48.3 Å². The molecule has 0 saturated carbocycles. The van der Waals surface area contributed by atoms with E-state index < -0.39 is 5.60 Å². The summed E-state index contributed by atoms with van der Waals surface area (Å²) in [5.41, 5.74) is 0.725. The standard InChI is InChI=1S/C18H29N3O2/c1-14-8-9-16(19-11-14)20(5)12-15-7-6-10-21(13-15)17(22)23-18(2,3)4/h8-9,11,15H,6-7,10,12-13H2,1-5H3. The third-order valence-corrected chi connectivity index (χ3v) is 3.99. The molecule has 0 aliphatic carbocycles. The average molecular weight is 319 g/mol. The number of aromatic nitrogens is 1. The zero-order chi connectivity index (χ0) is 17.0. The highest BCUT2D eigenvalue weighted by atomic mass is 16.6. The van der Waals surface area contributed by atoms with Crippen molar-refractivity contribution in [2.75, 3.05) is 31.6 Å². The molecule has 0 spiro atoms. The molecular weight excluding hydrogens is 290 g/mol. The lowest BCUT2D eigenvalue weighted by Crippen LogP contribution is -2.45. The van der Waals surface area contributed by atoms with Crippen LogP contribution in [0, 0.1) is 12.8 Å². The van der Waals surface area contributed by atoms with Gasteiger partial charge in [-0.1, -0.05) is 6.07 Å². The number of aryl methyl sites for hydroxylation is 1. The molecule has 2 rings (SSSR count). The molecule has 0 bridgehead atoms. The zero-order valence-corrected chi connectivity index (χ0v) is 15.0. The molecule has 1 aliphatic rings. The molecule has 0 N–H and O–H groups in total. The Morgan fingerprint density at radius 3 is 2.78 bits per heavy atom. The van der Waals surface area contributed by atoms with Gasteiger partial charge in [-0.2, -0.15) is 0 Å². The summed E-state index contributed by atoms with van der Waals surface area (Å²) in [4.78, 5) is 20.7. The second-order valence-corrected chi connectivity index (χ2v) is 7.51. The Labute approximate surface area is 139 Å². The Morgan fingerprint density at radius 2 is 2.17 bits per heavy atom. The van der Waals surface area contributed by atoms with E-state index in [0.29, 0.717) is 5.92 Å². The average Bonchev–Trinajstić information content (AvgIpc) is 2.46. The van der Waals surface area contributed by atoms with E-state index >= 15 is 0 Å². The molecule has 1 saturated heterocycles.